The van der Waals surface area contributed by atoms with Crippen molar-refractivity contribution in [3.8, 4) is 28.7 Å². The fourth-order valence-electron chi connectivity index (χ4n) is 12.3. The average molecular weight is 1040 g/mol. The van der Waals surface area contributed by atoms with Crippen molar-refractivity contribution in [1.29, 1.82) is 0 Å². The van der Waals surface area contributed by atoms with E-state index < -0.39 is 5.41 Å². The third kappa shape index (κ3) is 5.18. The van der Waals surface area contributed by atoms with E-state index in [1.807, 2.05) is 24.4 Å². The van der Waals surface area contributed by atoms with Gasteiger partial charge in [-0.15, -0.1) is 29.7 Å². The molecule has 3 heterocycles. The van der Waals surface area contributed by atoms with Gasteiger partial charge in [0.05, 0.1) is 22.1 Å². The van der Waals surface area contributed by atoms with E-state index in [1.165, 1.54) is 44.5 Å². The van der Waals surface area contributed by atoms with Crippen molar-refractivity contribution in [2.75, 3.05) is 0 Å². The van der Waals surface area contributed by atoms with Crippen molar-refractivity contribution in [3.05, 3.63) is 257 Å². The zero-order valence-corrected chi connectivity index (χ0v) is 39.3. The fourth-order valence-corrected chi connectivity index (χ4v) is 12.3. The minimum absolute atomic E-state index is 0. The molecule has 5 nitrogen and oxygen atoms in total. The molecule has 1 spiro atoms. The number of fused-ring (bicyclic) bond motifs is 11. The predicted octanol–water partition coefficient (Wildman–Crippen LogP) is 13.0. The first-order valence-electron chi connectivity index (χ1n) is 22.8. The first-order valence-corrected chi connectivity index (χ1v) is 22.8. The number of aromatic nitrogens is 4. The molecule has 3 aliphatic rings. The van der Waals surface area contributed by atoms with E-state index in [9.17, 15) is 0 Å². The van der Waals surface area contributed by atoms with Crippen LogP contribution in [0, 0.1) is 18.5 Å². The van der Waals surface area contributed by atoms with Crippen molar-refractivity contribution in [3.63, 3.8) is 0 Å². The molecule has 3 unspecified atom stereocenters. The fraction of sp³-hybridized carbons (Fsp3) is 0.115. The Hall–Kier alpha value is -7.33. The van der Waals surface area contributed by atoms with Crippen LogP contribution in [0.4, 0.5) is 0 Å². The van der Waals surface area contributed by atoms with E-state index in [0.29, 0.717) is 11.5 Å². The Balaban J connectivity index is 0.00000446. The van der Waals surface area contributed by atoms with Crippen LogP contribution in [0.3, 0.4) is 0 Å². The third-order valence-electron chi connectivity index (χ3n) is 14.9. The molecular weight excluding hydrogens is 1000 g/mol. The average Bonchev–Trinajstić information content (AvgIpc) is 3.95. The quantitative estimate of drug-likeness (QED) is 0.123. The summed E-state index contributed by atoms with van der Waals surface area (Å²) in [4.78, 5) is 4.87. The zero-order valence-electron chi connectivity index (χ0n) is 37.1. The predicted molar refractivity (Wildman–Crippen MR) is 260 cm³/mol. The smallest absolute Gasteiger partial charge is 0.268 e. The molecule has 0 radical (unpaired) electrons. The van der Waals surface area contributed by atoms with Gasteiger partial charge in [0.25, 0.3) is 6.33 Å². The molecular formula is C61H42N4OPt-2. The van der Waals surface area contributed by atoms with Crippen LogP contribution in [-0.2, 0) is 37.3 Å². The Bertz CT molecular complexity index is 3830. The molecule has 8 aromatic carbocycles. The van der Waals surface area contributed by atoms with Crippen LogP contribution in [-0.4, -0.2) is 14.1 Å². The van der Waals surface area contributed by atoms with E-state index in [1.54, 1.807) is 0 Å². The number of hydrogen-bond donors (Lipinski definition) is 0. The van der Waals surface area contributed by atoms with Gasteiger partial charge < -0.3 is 13.9 Å². The van der Waals surface area contributed by atoms with Gasteiger partial charge in [-0.05, 0) is 85.3 Å². The summed E-state index contributed by atoms with van der Waals surface area (Å²) in [5, 5.41) is 2.23. The Kier molecular flexibility index (Phi) is 8.55. The zero-order chi connectivity index (χ0) is 43.9. The number of para-hydroxylation sites is 4. The summed E-state index contributed by atoms with van der Waals surface area (Å²) in [5.74, 6) is 2.31. The normalized spacial score (nSPS) is 18.5. The van der Waals surface area contributed by atoms with Crippen LogP contribution in [0.1, 0.15) is 71.2 Å². The van der Waals surface area contributed by atoms with Crippen molar-refractivity contribution in [1.82, 2.24) is 14.1 Å². The standard InChI is InChI=1S/C61H42N4O.Pt/c1-59(2,3)39-33-34-62-57(35-39)65-52-27-12-6-19-43(52)44-32-31-42(37-56(44)65)66-41-18-16-17-40(36-41)63-38-64(55-30-15-14-29-54(55)63)53-28-13-11-26-51(53)60-47-22-7-4-20-45(47)58-46-21-5-8-23-48(46)61(58,60)50-25-10-9-24-49(50)60;/h4-35,58H,1-3H3;/q-2;. The van der Waals surface area contributed by atoms with Crippen molar-refractivity contribution in [2.24, 2.45) is 0 Å². The summed E-state index contributed by atoms with van der Waals surface area (Å²) in [5.41, 5.74) is 16.4. The maximum Gasteiger partial charge on any atom is 0.268 e. The summed E-state index contributed by atoms with van der Waals surface area (Å²) in [6, 6.07) is 75.3. The molecule has 0 bridgehead atoms. The van der Waals surface area contributed by atoms with Crippen molar-refractivity contribution < 1.29 is 30.4 Å². The second-order valence-electron chi connectivity index (χ2n) is 19.1. The van der Waals surface area contributed by atoms with Crippen LogP contribution in [0.25, 0.3) is 50.0 Å². The van der Waals surface area contributed by atoms with Gasteiger partial charge in [0.2, 0.25) is 0 Å². The first-order chi connectivity index (χ1) is 32.4. The molecule has 3 aliphatic carbocycles. The molecule has 11 aromatic rings. The molecule has 3 aromatic heterocycles. The number of rotatable bonds is 6. The molecule has 0 saturated heterocycles. The van der Waals surface area contributed by atoms with Gasteiger partial charge in [-0.1, -0.05) is 160 Å². The van der Waals surface area contributed by atoms with Crippen LogP contribution < -0.4 is 9.30 Å². The van der Waals surface area contributed by atoms with Crippen LogP contribution in [0.5, 0.6) is 11.5 Å². The molecule has 0 amide bonds. The number of pyridine rings is 1. The molecule has 0 aliphatic heterocycles. The molecule has 0 N–H and O–H groups in total. The first kappa shape index (κ1) is 40.0. The number of hydrogen-bond acceptors (Lipinski definition) is 2. The third-order valence-corrected chi connectivity index (χ3v) is 14.9. The largest absolute Gasteiger partial charge is 0.510 e. The van der Waals surface area contributed by atoms with Gasteiger partial charge in [0.1, 0.15) is 5.82 Å². The topological polar surface area (TPSA) is 35.9 Å². The van der Waals surface area contributed by atoms with Gasteiger partial charge >= 0.3 is 0 Å². The van der Waals surface area contributed by atoms with Gasteiger partial charge in [0, 0.05) is 55.6 Å². The second kappa shape index (κ2) is 14.3. The molecule has 3 atom stereocenters. The molecule has 14 rings (SSSR count). The minimum atomic E-state index is -0.394. The molecule has 324 valence electrons. The van der Waals surface area contributed by atoms with E-state index >= 15 is 0 Å². The SMILES string of the molecule is CC(C)(C)c1ccnc(-n2c3[c-]c(Oc4[c-]c(-n5[c-][n+](-c6ccccc6C67c8ccccc8C8c9ccccc9C86c6ccccc67)c6ccccc65)ccc4)ccc3c3ccccc32)c1.[Pt]. The second-order valence-corrected chi connectivity index (χ2v) is 19.1. The summed E-state index contributed by atoms with van der Waals surface area (Å²) >= 11 is 0. The van der Waals surface area contributed by atoms with E-state index in [0.717, 1.165) is 50.0 Å². The van der Waals surface area contributed by atoms with Gasteiger partial charge in [-0.2, -0.15) is 18.2 Å². The van der Waals surface area contributed by atoms with Crippen LogP contribution in [0.2, 0.25) is 0 Å². The maximum absolute atomic E-state index is 6.68. The van der Waals surface area contributed by atoms with Crippen molar-refractivity contribution in [2.45, 2.75) is 42.9 Å². The van der Waals surface area contributed by atoms with E-state index in [2.05, 4.69) is 223 Å². The Morgan fingerprint density at radius 3 is 2.06 bits per heavy atom. The number of benzene rings is 8. The number of nitrogens with zero attached hydrogens (tertiary/aromatic N) is 4. The number of ether oxygens (including phenoxy) is 1. The van der Waals surface area contributed by atoms with Crippen molar-refractivity contribution >= 4 is 32.8 Å². The summed E-state index contributed by atoms with van der Waals surface area (Å²) in [6.45, 7) is 6.69. The summed E-state index contributed by atoms with van der Waals surface area (Å²) in [6.07, 6.45) is 5.75. The molecule has 67 heavy (non-hydrogen) atoms. The van der Waals surface area contributed by atoms with Gasteiger partial charge in [0.15, 0.2) is 0 Å². The molecule has 0 fully saturated rings. The Morgan fingerprint density at radius 1 is 0.582 bits per heavy atom. The monoisotopic (exact) mass is 1040 g/mol. The number of imidazole rings is 1. The summed E-state index contributed by atoms with van der Waals surface area (Å²) in [7, 11) is 0. The van der Waals surface area contributed by atoms with Gasteiger partial charge in [-0.25, -0.2) is 4.98 Å². The van der Waals surface area contributed by atoms with Crippen LogP contribution in [0.15, 0.2) is 194 Å². The minimum Gasteiger partial charge on any atom is -0.510 e. The molecule has 6 heteroatoms. The van der Waals surface area contributed by atoms with Crippen LogP contribution >= 0.6 is 0 Å². The Morgan fingerprint density at radius 2 is 1.24 bits per heavy atom. The van der Waals surface area contributed by atoms with E-state index in [-0.39, 0.29) is 37.8 Å². The maximum atomic E-state index is 6.68. The molecule has 0 saturated carbocycles. The summed E-state index contributed by atoms with van der Waals surface area (Å²) < 4.78 is 13.3. The Labute approximate surface area is 403 Å². The van der Waals surface area contributed by atoms with Gasteiger partial charge in [-0.3, -0.25) is 4.57 Å². The van der Waals surface area contributed by atoms with E-state index in [4.69, 9.17) is 9.72 Å².